The van der Waals surface area contributed by atoms with Crippen LogP contribution in [0.1, 0.15) is 0 Å². The van der Waals surface area contributed by atoms with Crippen LogP contribution >= 0.6 is 11.8 Å². The zero-order chi connectivity index (χ0) is 7.23. The van der Waals surface area contributed by atoms with E-state index in [0.29, 0.717) is 5.94 Å². The second-order valence-electron chi connectivity index (χ2n) is 1.79. The van der Waals surface area contributed by atoms with Crippen LogP contribution in [0.15, 0.2) is 29.2 Å². The Labute approximate surface area is 65.4 Å². The van der Waals surface area contributed by atoms with Gasteiger partial charge in [-0.3, -0.25) is 0 Å². The molecule has 0 aliphatic carbocycles. The summed E-state index contributed by atoms with van der Waals surface area (Å²) < 4.78 is 4.90. The second-order valence-corrected chi connectivity index (χ2v) is 2.78. The van der Waals surface area contributed by atoms with E-state index in [0.717, 1.165) is 0 Å². The van der Waals surface area contributed by atoms with Crippen molar-refractivity contribution >= 4 is 11.8 Å². The van der Waals surface area contributed by atoms with Crippen LogP contribution in [0.5, 0.6) is 0 Å². The summed E-state index contributed by atoms with van der Waals surface area (Å²) in [4.78, 5) is 1.22. The fourth-order valence-electron chi connectivity index (χ4n) is 0.595. The summed E-state index contributed by atoms with van der Waals surface area (Å²) in [5.41, 5.74) is 0. The molecule has 53 valence electrons. The normalized spacial score (nSPS) is 9.70. The molecular formula is C8H9OS. The van der Waals surface area contributed by atoms with E-state index in [1.165, 1.54) is 4.90 Å². The summed E-state index contributed by atoms with van der Waals surface area (Å²) in [6.07, 6.45) is 0. The smallest absolute Gasteiger partial charge is 0.0963 e. The monoisotopic (exact) mass is 153 g/mol. The van der Waals surface area contributed by atoms with Gasteiger partial charge < -0.3 is 4.74 Å². The minimum absolute atomic E-state index is 0.712. The Morgan fingerprint density at radius 2 is 2.20 bits per heavy atom. The fraction of sp³-hybridized carbons (Fsp3) is 0.250. The average Bonchev–Trinajstić information content (AvgIpc) is 2.03. The van der Waals surface area contributed by atoms with E-state index >= 15 is 0 Å². The number of thioether (sulfide) groups is 1. The first-order valence-electron chi connectivity index (χ1n) is 3.01. The zero-order valence-electron chi connectivity index (χ0n) is 5.83. The summed E-state index contributed by atoms with van der Waals surface area (Å²) in [6.45, 7) is 0. The van der Waals surface area contributed by atoms with Crippen molar-refractivity contribution in [1.29, 1.82) is 0 Å². The third-order valence-corrected chi connectivity index (χ3v) is 1.99. The number of methoxy groups -OCH3 is 1. The van der Waals surface area contributed by atoms with Crippen LogP contribution in [-0.2, 0) is 4.74 Å². The molecule has 0 saturated heterocycles. The standard InChI is InChI=1S/C8H9OS/c1-9-7-10-8-5-3-2-4-6-8/h3-6H,7H2,1H3. The molecule has 0 atom stereocenters. The lowest BCUT2D eigenvalue weighted by Gasteiger charge is -1.96. The van der Waals surface area contributed by atoms with Crippen molar-refractivity contribution in [3.05, 3.63) is 30.3 Å². The Morgan fingerprint density at radius 3 is 2.80 bits per heavy atom. The Kier molecular flexibility index (Phi) is 3.33. The van der Waals surface area contributed by atoms with Crippen molar-refractivity contribution in [1.82, 2.24) is 0 Å². The number of hydrogen-bond donors (Lipinski definition) is 0. The number of ether oxygens (including phenoxy) is 1. The van der Waals surface area contributed by atoms with Crippen molar-refractivity contribution in [2.45, 2.75) is 4.90 Å². The molecule has 0 saturated carbocycles. The largest absolute Gasteiger partial charge is 0.374 e. The van der Waals surface area contributed by atoms with E-state index in [4.69, 9.17) is 4.74 Å². The lowest BCUT2D eigenvalue weighted by Crippen LogP contribution is -1.79. The van der Waals surface area contributed by atoms with Gasteiger partial charge in [0.15, 0.2) is 0 Å². The summed E-state index contributed by atoms with van der Waals surface area (Å²) >= 11 is 1.68. The summed E-state index contributed by atoms with van der Waals surface area (Å²) in [5, 5.41) is 0. The van der Waals surface area contributed by atoms with Crippen LogP contribution in [0.4, 0.5) is 0 Å². The summed E-state index contributed by atoms with van der Waals surface area (Å²) in [5.74, 6) is 0.712. The van der Waals surface area contributed by atoms with Crippen molar-refractivity contribution in [2.75, 3.05) is 13.0 Å². The Hall–Kier alpha value is -0.470. The third-order valence-electron chi connectivity index (χ3n) is 1.03. The first-order valence-corrected chi connectivity index (χ1v) is 4.00. The lowest BCUT2D eigenvalue weighted by atomic mass is 10.4. The molecule has 1 rings (SSSR count). The molecule has 0 spiro atoms. The summed E-state index contributed by atoms with van der Waals surface area (Å²) in [7, 11) is 1.70. The molecule has 0 fully saturated rings. The lowest BCUT2D eigenvalue weighted by molar-refractivity contribution is 0.259. The predicted octanol–water partition coefficient (Wildman–Crippen LogP) is 2.18. The van der Waals surface area contributed by atoms with E-state index in [-0.39, 0.29) is 0 Å². The van der Waals surface area contributed by atoms with Gasteiger partial charge >= 0.3 is 0 Å². The van der Waals surface area contributed by atoms with Crippen molar-refractivity contribution in [3.8, 4) is 0 Å². The average molecular weight is 153 g/mol. The Bertz CT molecular complexity index is 174. The van der Waals surface area contributed by atoms with E-state index in [2.05, 4.69) is 6.07 Å². The molecule has 0 amide bonds. The Morgan fingerprint density at radius 1 is 1.50 bits per heavy atom. The maximum Gasteiger partial charge on any atom is 0.0963 e. The maximum absolute atomic E-state index is 4.90. The molecule has 1 aromatic rings. The van der Waals surface area contributed by atoms with Crippen LogP contribution in [0.3, 0.4) is 0 Å². The molecule has 0 aliphatic heterocycles. The van der Waals surface area contributed by atoms with Gasteiger partial charge in [-0.25, -0.2) is 0 Å². The zero-order valence-corrected chi connectivity index (χ0v) is 6.65. The topological polar surface area (TPSA) is 9.23 Å². The minimum Gasteiger partial charge on any atom is -0.374 e. The van der Waals surface area contributed by atoms with E-state index in [1.54, 1.807) is 18.9 Å². The summed E-state index contributed by atoms with van der Waals surface area (Å²) in [6, 6.07) is 10.8. The highest BCUT2D eigenvalue weighted by Gasteiger charge is 1.88. The number of benzene rings is 1. The van der Waals surface area contributed by atoms with E-state index < -0.39 is 0 Å². The molecule has 0 bridgehead atoms. The quantitative estimate of drug-likeness (QED) is 0.486. The van der Waals surface area contributed by atoms with Gasteiger partial charge in [-0.2, -0.15) is 0 Å². The molecule has 2 heteroatoms. The molecule has 0 unspecified atom stereocenters. The van der Waals surface area contributed by atoms with Crippen LogP contribution in [-0.4, -0.2) is 13.0 Å². The van der Waals surface area contributed by atoms with Crippen LogP contribution in [0.2, 0.25) is 0 Å². The molecule has 0 N–H and O–H groups in total. The van der Waals surface area contributed by atoms with Gasteiger partial charge in [-0.15, -0.1) is 0 Å². The van der Waals surface area contributed by atoms with Gasteiger partial charge in [0.25, 0.3) is 0 Å². The highest BCUT2D eigenvalue weighted by atomic mass is 32.2. The van der Waals surface area contributed by atoms with Gasteiger partial charge in [0, 0.05) is 12.0 Å². The first kappa shape index (κ1) is 7.63. The van der Waals surface area contributed by atoms with Gasteiger partial charge in [-0.05, 0) is 18.2 Å². The van der Waals surface area contributed by atoms with Gasteiger partial charge in [0.2, 0.25) is 0 Å². The van der Waals surface area contributed by atoms with E-state index in [1.807, 2.05) is 24.3 Å². The molecule has 1 aromatic carbocycles. The molecule has 1 nitrogen and oxygen atoms in total. The van der Waals surface area contributed by atoms with Crippen LogP contribution in [0.25, 0.3) is 0 Å². The van der Waals surface area contributed by atoms with Gasteiger partial charge in [-0.1, -0.05) is 23.9 Å². The van der Waals surface area contributed by atoms with Gasteiger partial charge in [0.1, 0.15) is 0 Å². The number of rotatable bonds is 3. The third kappa shape index (κ3) is 2.42. The number of hydrogen-bond acceptors (Lipinski definition) is 2. The molecular weight excluding hydrogens is 144 g/mol. The second kappa shape index (κ2) is 4.36. The Balaban J connectivity index is 2.43. The van der Waals surface area contributed by atoms with Gasteiger partial charge in [0.05, 0.1) is 5.94 Å². The molecule has 10 heavy (non-hydrogen) atoms. The molecule has 1 radical (unpaired) electrons. The molecule has 0 aliphatic rings. The first-order chi connectivity index (χ1) is 4.93. The van der Waals surface area contributed by atoms with Crippen LogP contribution < -0.4 is 0 Å². The van der Waals surface area contributed by atoms with Crippen molar-refractivity contribution in [3.63, 3.8) is 0 Å². The predicted molar refractivity (Wildman–Crippen MR) is 43.0 cm³/mol. The molecule has 0 aromatic heterocycles. The van der Waals surface area contributed by atoms with Crippen molar-refractivity contribution in [2.24, 2.45) is 0 Å². The molecule has 0 heterocycles. The fourth-order valence-corrected chi connectivity index (χ4v) is 1.18. The van der Waals surface area contributed by atoms with Crippen LogP contribution in [0, 0.1) is 6.07 Å². The SMILES string of the molecule is COCSc1cc[c]cc1. The highest BCUT2D eigenvalue weighted by Crippen LogP contribution is 2.15. The van der Waals surface area contributed by atoms with E-state index in [9.17, 15) is 0 Å². The maximum atomic E-state index is 4.90. The van der Waals surface area contributed by atoms with Crippen molar-refractivity contribution < 1.29 is 4.74 Å². The highest BCUT2D eigenvalue weighted by molar-refractivity contribution is 7.99. The minimum atomic E-state index is 0.712.